The van der Waals surface area contributed by atoms with Gasteiger partial charge in [0, 0.05) is 17.7 Å². The van der Waals surface area contributed by atoms with Crippen LogP contribution in [0.15, 0.2) is 36.4 Å². The lowest BCUT2D eigenvalue weighted by molar-refractivity contribution is -0.115. The van der Waals surface area contributed by atoms with Crippen LogP contribution in [0.2, 0.25) is 0 Å². The Morgan fingerprint density at radius 3 is 2.29 bits per heavy atom. The molecule has 0 fully saturated rings. The maximum absolute atomic E-state index is 12.3. The summed E-state index contributed by atoms with van der Waals surface area (Å²) in [5.41, 5.74) is 1.38. The van der Waals surface area contributed by atoms with Gasteiger partial charge in [-0.05, 0) is 19.1 Å². The number of aromatic nitrogens is 2. The van der Waals surface area contributed by atoms with Gasteiger partial charge in [-0.1, -0.05) is 39.0 Å². The van der Waals surface area contributed by atoms with Crippen LogP contribution < -0.4 is 5.32 Å². The van der Waals surface area contributed by atoms with Crippen LogP contribution in [0.5, 0.6) is 0 Å². The van der Waals surface area contributed by atoms with Crippen LogP contribution in [0.3, 0.4) is 0 Å². The lowest BCUT2D eigenvalue weighted by atomic mass is 9.92. The monoisotopic (exact) mass is 349 g/mol. The minimum Gasteiger partial charge on any atom is -0.309 e. The van der Waals surface area contributed by atoms with Crippen molar-refractivity contribution in [2.45, 2.75) is 38.4 Å². The third-order valence-corrected chi connectivity index (χ3v) is 5.24. The zero-order chi connectivity index (χ0) is 18.1. The Hall–Kier alpha value is -2.15. The van der Waals surface area contributed by atoms with Gasteiger partial charge in [0.2, 0.25) is 5.91 Å². The highest BCUT2D eigenvalue weighted by molar-refractivity contribution is 7.92. The molecule has 0 unspecified atom stereocenters. The second-order valence-corrected chi connectivity index (χ2v) is 9.24. The third kappa shape index (κ3) is 4.03. The number of nitrogens with zero attached hydrogens (tertiary/aromatic N) is 2. The number of hydrogen-bond acceptors (Lipinski definition) is 4. The summed E-state index contributed by atoms with van der Waals surface area (Å²) in [6, 6.07) is 11.2. The van der Waals surface area contributed by atoms with E-state index < -0.39 is 21.0 Å². The van der Waals surface area contributed by atoms with Crippen molar-refractivity contribution in [2.24, 2.45) is 0 Å². The Morgan fingerprint density at radius 1 is 1.21 bits per heavy atom. The fourth-order valence-corrected chi connectivity index (χ4v) is 2.47. The van der Waals surface area contributed by atoms with Gasteiger partial charge in [-0.3, -0.25) is 4.79 Å². The molecule has 1 aromatic heterocycles. The van der Waals surface area contributed by atoms with Crippen LogP contribution in [0.1, 0.15) is 33.4 Å². The van der Waals surface area contributed by atoms with Gasteiger partial charge in [0.25, 0.3) is 0 Å². The molecule has 7 heteroatoms. The van der Waals surface area contributed by atoms with E-state index in [1.54, 1.807) is 10.7 Å². The molecule has 1 aromatic carbocycles. The number of para-hydroxylation sites is 1. The summed E-state index contributed by atoms with van der Waals surface area (Å²) in [5, 5.41) is 6.14. The summed E-state index contributed by atoms with van der Waals surface area (Å²) in [7, 11) is -3.46. The minimum absolute atomic E-state index is 0.206. The average Bonchev–Trinajstić information content (AvgIpc) is 2.90. The molecule has 0 radical (unpaired) electrons. The van der Waals surface area contributed by atoms with E-state index in [9.17, 15) is 13.2 Å². The molecule has 0 saturated carbocycles. The van der Waals surface area contributed by atoms with E-state index in [1.165, 1.54) is 6.92 Å². The number of benzene rings is 1. The van der Waals surface area contributed by atoms with Crippen LogP contribution in [-0.2, 0) is 20.0 Å². The summed E-state index contributed by atoms with van der Waals surface area (Å²) in [6.45, 7) is 7.44. The fourth-order valence-electron chi connectivity index (χ4n) is 2.02. The van der Waals surface area contributed by atoms with E-state index in [0.29, 0.717) is 5.82 Å². The average molecular weight is 349 g/mol. The topological polar surface area (TPSA) is 81.1 Å². The number of rotatable bonds is 4. The van der Waals surface area contributed by atoms with Gasteiger partial charge in [-0.15, -0.1) is 0 Å². The third-order valence-electron chi connectivity index (χ3n) is 3.74. The lowest BCUT2D eigenvalue weighted by Gasteiger charge is -2.14. The number of anilines is 1. The molecule has 0 aliphatic rings. The van der Waals surface area contributed by atoms with Gasteiger partial charge in [-0.25, -0.2) is 13.1 Å². The number of amides is 1. The van der Waals surface area contributed by atoms with Gasteiger partial charge in [-0.2, -0.15) is 5.10 Å². The Kier molecular flexibility index (Phi) is 4.85. The van der Waals surface area contributed by atoms with Gasteiger partial charge in [0.1, 0.15) is 11.1 Å². The van der Waals surface area contributed by atoms with E-state index in [-0.39, 0.29) is 5.41 Å². The summed E-state index contributed by atoms with van der Waals surface area (Å²) < 4.78 is 24.8. The van der Waals surface area contributed by atoms with Crippen molar-refractivity contribution in [1.29, 1.82) is 0 Å². The molecule has 0 spiro atoms. The van der Waals surface area contributed by atoms with E-state index in [0.717, 1.165) is 17.6 Å². The standard InChI is InChI=1S/C17H23N3O3S/c1-12(24(5,22)23)16(21)18-15-11-14(17(2,3)4)19-20(15)13-9-7-6-8-10-13/h6-12H,1-5H3,(H,18,21)/t12-/m1/s1. The van der Waals surface area contributed by atoms with Crippen molar-refractivity contribution in [3.8, 4) is 5.69 Å². The molecule has 1 atom stereocenters. The van der Waals surface area contributed by atoms with Crippen molar-refractivity contribution in [3.05, 3.63) is 42.1 Å². The predicted octanol–water partition coefficient (Wildman–Crippen LogP) is 2.54. The second-order valence-electron chi connectivity index (χ2n) is 6.87. The highest BCUT2D eigenvalue weighted by atomic mass is 32.2. The van der Waals surface area contributed by atoms with Gasteiger partial charge < -0.3 is 5.32 Å². The molecule has 1 N–H and O–H groups in total. The van der Waals surface area contributed by atoms with Gasteiger partial charge in [0.15, 0.2) is 9.84 Å². The molecule has 0 aliphatic carbocycles. The van der Waals surface area contributed by atoms with Crippen molar-refractivity contribution in [1.82, 2.24) is 9.78 Å². The number of hydrogen-bond donors (Lipinski definition) is 1. The van der Waals surface area contributed by atoms with E-state index in [2.05, 4.69) is 10.4 Å². The first-order valence-corrected chi connectivity index (χ1v) is 9.61. The fraction of sp³-hybridized carbons (Fsp3) is 0.412. The van der Waals surface area contributed by atoms with Crippen LogP contribution in [0.25, 0.3) is 5.69 Å². The Bertz CT molecular complexity index is 834. The van der Waals surface area contributed by atoms with E-state index in [4.69, 9.17) is 0 Å². The molecular weight excluding hydrogens is 326 g/mol. The Labute approximate surface area is 142 Å². The zero-order valence-corrected chi connectivity index (χ0v) is 15.4. The highest BCUT2D eigenvalue weighted by Gasteiger charge is 2.26. The van der Waals surface area contributed by atoms with E-state index >= 15 is 0 Å². The smallest absolute Gasteiger partial charge is 0.243 e. The molecule has 2 rings (SSSR count). The number of nitrogens with one attached hydrogen (secondary N) is 1. The van der Waals surface area contributed by atoms with Crippen LogP contribution >= 0.6 is 0 Å². The predicted molar refractivity (Wildman–Crippen MR) is 95.2 cm³/mol. The molecule has 1 amide bonds. The largest absolute Gasteiger partial charge is 0.309 e. The molecular formula is C17H23N3O3S. The quantitative estimate of drug-likeness (QED) is 0.920. The van der Waals surface area contributed by atoms with Gasteiger partial charge in [0.05, 0.1) is 11.4 Å². The van der Waals surface area contributed by atoms with Gasteiger partial charge >= 0.3 is 0 Å². The summed E-state index contributed by atoms with van der Waals surface area (Å²) in [5.74, 6) is -0.123. The summed E-state index contributed by atoms with van der Waals surface area (Å²) in [6.07, 6.45) is 1.05. The van der Waals surface area contributed by atoms with Crippen molar-refractivity contribution >= 4 is 21.6 Å². The van der Waals surface area contributed by atoms with Crippen molar-refractivity contribution in [2.75, 3.05) is 11.6 Å². The minimum atomic E-state index is -3.46. The van der Waals surface area contributed by atoms with Crippen LogP contribution in [0.4, 0.5) is 5.82 Å². The van der Waals surface area contributed by atoms with Crippen LogP contribution in [-0.4, -0.2) is 35.6 Å². The first-order chi connectivity index (χ1) is 11.0. The van der Waals surface area contributed by atoms with Crippen LogP contribution in [0, 0.1) is 0 Å². The van der Waals surface area contributed by atoms with Crippen molar-refractivity contribution < 1.29 is 13.2 Å². The lowest BCUT2D eigenvalue weighted by Crippen LogP contribution is -2.32. The summed E-state index contributed by atoms with van der Waals surface area (Å²) >= 11 is 0. The van der Waals surface area contributed by atoms with Crippen molar-refractivity contribution in [3.63, 3.8) is 0 Å². The maximum atomic E-state index is 12.3. The Morgan fingerprint density at radius 2 is 1.79 bits per heavy atom. The second kappa shape index (κ2) is 6.39. The molecule has 0 saturated heterocycles. The SMILES string of the molecule is C[C@H](C(=O)Nc1cc(C(C)(C)C)nn1-c1ccccc1)S(C)(=O)=O. The number of sulfone groups is 1. The maximum Gasteiger partial charge on any atom is 0.243 e. The summed E-state index contributed by atoms with van der Waals surface area (Å²) in [4.78, 5) is 12.3. The molecule has 0 aliphatic heterocycles. The zero-order valence-electron chi connectivity index (χ0n) is 14.6. The molecule has 6 nitrogen and oxygen atoms in total. The first-order valence-electron chi connectivity index (χ1n) is 7.66. The molecule has 1 heterocycles. The molecule has 130 valence electrons. The normalized spacial score (nSPS) is 13.5. The molecule has 24 heavy (non-hydrogen) atoms. The first kappa shape index (κ1) is 18.2. The number of carbonyl (C=O) groups excluding carboxylic acids is 1. The molecule has 0 bridgehead atoms. The molecule has 2 aromatic rings. The highest BCUT2D eigenvalue weighted by Crippen LogP contribution is 2.26. The van der Waals surface area contributed by atoms with E-state index in [1.807, 2.05) is 51.1 Å². The Balaban J connectivity index is 2.45. The number of carbonyl (C=O) groups is 1.